The molecule has 0 aliphatic heterocycles. The molecule has 0 aromatic heterocycles. The van der Waals surface area contributed by atoms with Crippen LogP contribution >= 0.6 is 22.6 Å². The predicted molar refractivity (Wildman–Crippen MR) is 123 cm³/mol. The number of anilines is 1. The van der Waals surface area contributed by atoms with Crippen molar-refractivity contribution in [1.29, 1.82) is 5.26 Å². The van der Waals surface area contributed by atoms with E-state index in [4.69, 9.17) is 14.2 Å². The number of nitriles is 1. The maximum atomic E-state index is 12.5. The van der Waals surface area contributed by atoms with Gasteiger partial charge in [0.05, 0.1) is 16.8 Å². The van der Waals surface area contributed by atoms with Crippen LogP contribution in [0.5, 0.6) is 17.2 Å². The van der Waals surface area contributed by atoms with Gasteiger partial charge in [-0.25, -0.2) is 4.79 Å². The molecule has 0 heterocycles. The van der Waals surface area contributed by atoms with Gasteiger partial charge in [-0.2, -0.15) is 5.26 Å². The number of nitrogens with zero attached hydrogens (tertiary/aromatic N) is 1. The summed E-state index contributed by atoms with van der Waals surface area (Å²) in [6, 6.07) is 11.1. The Morgan fingerprint density at radius 3 is 2.48 bits per heavy atom. The van der Waals surface area contributed by atoms with Gasteiger partial charge in [0.25, 0.3) is 5.91 Å². The number of benzene rings is 2. The maximum absolute atomic E-state index is 12.5. The molecule has 0 saturated carbocycles. The Bertz CT molecular complexity index is 1010. The highest BCUT2D eigenvalue weighted by molar-refractivity contribution is 14.1. The van der Waals surface area contributed by atoms with E-state index in [0.29, 0.717) is 32.9 Å². The molecule has 8 nitrogen and oxygen atoms in total. The van der Waals surface area contributed by atoms with Crippen LogP contribution in [0.25, 0.3) is 6.08 Å². The van der Waals surface area contributed by atoms with Crippen LogP contribution < -0.4 is 14.8 Å². The minimum Gasteiger partial charge on any atom is -0.508 e. The number of carbonyl (C=O) groups excluding carboxylic acids is 2. The van der Waals surface area contributed by atoms with Crippen LogP contribution in [0.4, 0.5) is 5.69 Å². The summed E-state index contributed by atoms with van der Waals surface area (Å²) in [5.74, 6) is -0.274. The lowest BCUT2D eigenvalue weighted by Gasteiger charge is -2.14. The van der Waals surface area contributed by atoms with E-state index >= 15 is 0 Å². The Labute approximate surface area is 193 Å². The second-order valence-electron chi connectivity index (χ2n) is 6.03. The molecule has 2 N–H and O–H groups in total. The van der Waals surface area contributed by atoms with E-state index in [2.05, 4.69) is 5.32 Å². The lowest BCUT2D eigenvalue weighted by molar-refractivity contribution is -0.145. The van der Waals surface area contributed by atoms with Crippen molar-refractivity contribution in [3.05, 3.63) is 51.1 Å². The second-order valence-corrected chi connectivity index (χ2v) is 7.19. The number of carbonyl (C=O) groups is 2. The molecule has 162 valence electrons. The lowest BCUT2D eigenvalue weighted by Crippen LogP contribution is -2.15. The monoisotopic (exact) mass is 536 g/mol. The van der Waals surface area contributed by atoms with E-state index in [1.54, 1.807) is 26.0 Å². The number of aromatic hydroxyl groups is 1. The normalized spacial score (nSPS) is 10.7. The summed E-state index contributed by atoms with van der Waals surface area (Å²) in [6.07, 6.45) is 1.43. The first kappa shape index (κ1) is 24.0. The van der Waals surface area contributed by atoms with E-state index in [9.17, 15) is 20.0 Å². The molecule has 1 amide bonds. The summed E-state index contributed by atoms with van der Waals surface area (Å²) in [7, 11) is 0. The number of phenolic OH excluding ortho intramolecular Hbond substituents is 1. The summed E-state index contributed by atoms with van der Waals surface area (Å²) >= 11 is 2.02. The van der Waals surface area contributed by atoms with Gasteiger partial charge in [0.15, 0.2) is 18.1 Å². The molecule has 2 aromatic rings. The Balaban J connectivity index is 2.27. The van der Waals surface area contributed by atoms with E-state index in [1.807, 2.05) is 28.7 Å². The zero-order valence-electron chi connectivity index (χ0n) is 17.0. The van der Waals surface area contributed by atoms with Gasteiger partial charge in [-0.3, -0.25) is 4.79 Å². The summed E-state index contributed by atoms with van der Waals surface area (Å²) in [5, 5.41) is 21.4. The molecule has 0 bridgehead atoms. The number of esters is 1. The van der Waals surface area contributed by atoms with Crippen molar-refractivity contribution < 1.29 is 28.9 Å². The Hall–Kier alpha value is -3.26. The fourth-order valence-electron chi connectivity index (χ4n) is 2.47. The summed E-state index contributed by atoms with van der Waals surface area (Å²) in [6.45, 7) is 3.85. The molecular weight excluding hydrogens is 515 g/mol. The molecular formula is C22H21IN2O6. The average molecular weight is 536 g/mol. The van der Waals surface area contributed by atoms with Crippen LogP contribution in [0.15, 0.2) is 42.0 Å². The largest absolute Gasteiger partial charge is 0.508 e. The van der Waals surface area contributed by atoms with Crippen LogP contribution in [-0.4, -0.2) is 36.8 Å². The second kappa shape index (κ2) is 11.8. The van der Waals surface area contributed by atoms with Gasteiger partial charge in [0.2, 0.25) is 0 Å². The van der Waals surface area contributed by atoms with Crippen LogP contribution in [0.3, 0.4) is 0 Å². The van der Waals surface area contributed by atoms with Gasteiger partial charge in [-0.1, -0.05) is 0 Å². The van der Waals surface area contributed by atoms with E-state index < -0.39 is 11.9 Å². The highest BCUT2D eigenvalue weighted by Crippen LogP contribution is 2.35. The van der Waals surface area contributed by atoms with Crippen molar-refractivity contribution in [3.8, 4) is 23.3 Å². The van der Waals surface area contributed by atoms with Gasteiger partial charge >= 0.3 is 5.97 Å². The van der Waals surface area contributed by atoms with Crippen LogP contribution in [0, 0.1) is 14.9 Å². The highest BCUT2D eigenvalue weighted by Gasteiger charge is 2.16. The zero-order chi connectivity index (χ0) is 22.8. The summed E-state index contributed by atoms with van der Waals surface area (Å²) < 4.78 is 16.7. The van der Waals surface area contributed by atoms with Crippen molar-refractivity contribution in [1.82, 2.24) is 0 Å². The van der Waals surface area contributed by atoms with Gasteiger partial charge in [0, 0.05) is 5.69 Å². The van der Waals surface area contributed by atoms with E-state index in [1.165, 1.54) is 30.3 Å². The summed E-state index contributed by atoms with van der Waals surface area (Å²) in [4.78, 5) is 24.1. The molecule has 0 saturated heterocycles. The number of phenols is 1. The third-order valence-electron chi connectivity index (χ3n) is 3.77. The molecule has 9 heteroatoms. The fourth-order valence-corrected chi connectivity index (χ4v) is 3.25. The number of ether oxygens (including phenoxy) is 3. The van der Waals surface area contributed by atoms with E-state index in [-0.39, 0.29) is 24.5 Å². The Morgan fingerprint density at radius 2 is 1.87 bits per heavy atom. The number of rotatable bonds is 9. The van der Waals surface area contributed by atoms with Crippen molar-refractivity contribution in [2.24, 2.45) is 0 Å². The van der Waals surface area contributed by atoms with Gasteiger partial charge in [-0.15, -0.1) is 0 Å². The van der Waals surface area contributed by atoms with Crippen molar-refractivity contribution in [2.45, 2.75) is 13.8 Å². The Morgan fingerprint density at radius 1 is 1.16 bits per heavy atom. The van der Waals surface area contributed by atoms with Crippen LogP contribution in [0.1, 0.15) is 19.4 Å². The molecule has 0 radical (unpaired) electrons. The van der Waals surface area contributed by atoms with Crippen molar-refractivity contribution in [2.75, 3.05) is 25.1 Å². The highest BCUT2D eigenvalue weighted by atomic mass is 127. The lowest BCUT2D eigenvalue weighted by atomic mass is 10.1. The quantitative estimate of drug-likeness (QED) is 0.164. The standard InChI is InChI=1S/C22H21IN2O6/c1-3-29-19-11-14(10-18(23)21(19)31-13-20(27)30-4-2)9-15(12-24)22(28)25-16-5-7-17(26)8-6-16/h5-11,26H,3-4,13H2,1-2H3,(H,25,28)/b15-9+. The number of hydrogen-bond acceptors (Lipinski definition) is 7. The zero-order valence-corrected chi connectivity index (χ0v) is 19.1. The molecule has 0 spiro atoms. The average Bonchev–Trinajstić information content (AvgIpc) is 2.73. The third kappa shape index (κ3) is 7.18. The molecule has 0 fully saturated rings. The third-order valence-corrected chi connectivity index (χ3v) is 4.57. The first-order chi connectivity index (χ1) is 14.9. The van der Waals surface area contributed by atoms with Gasteiger partial charge < -0.3 is 24.6 Å². The first-order valence-electron chi connectivity index (χ1n) is 9.34. The number of nitrogens with one attached hydrogen (secondary N) is 1. The smallest absolute Gasteiger partial charge is 0.344 e. The topological polar surface area (TPSA) is 118 Å². The minimum atomic E-state index is -0.594. The Kier molecular flexibility index (Phi) is 9.14. The van der Waals surface area contributed by atoms with Gasteiger partial charge in [0.1, 0.15) is 17.4 Å². The SMILES string of the molecule is CCOC(=O)COc1c(I)cc(/C=C(\C#N)C(=O)Nc2ccc(O)cc2)cc1OCC. The molecule has 2 aromatic carbocycles. The van der Waals surface area contributed by atoms with Crippen molar-refractivity contribution >= 4 is 46.2 Å². The van der Waals surface area contributed by atoms with Gasteiger partial charge in [-0.05, 0) is 84.5 Å². The number of amides is 1. The molecule has 0 aliphatic rings. The maximum Gasteiger partial charge on any atom is 0.344 e. The molecule has 31 heavy (non-hydrogen) atoms. The van der Waals surface area contributed by atoms with Crippen molar-refractivity contribution in [3.63, 3.8) is 0 Å². The van der Waals surface area contributed by atoms with E-state index in [0.717, 1.165) is 0 Å². The molecule has 0 aliphatic carbocycles. The predicted octanol–water partition coefficient (Wildman–Crippen LogP) is 3.88. The molecule has 0 unspecified atom stereocenters. The van der Waals surface area contributed by atoms with Crippen LogP contribution in [0.2, 0.25) is 0 Å². The fraction of sp³-hybridized carbons (Fsp3) is 0.227. The first-order valence-corrected chi connectivity index (χ1v) is 10.4. The molecule has 2 rings (SSSR count). The number of halogens is 1. The minimum absolute atomic E-state index is 0.0670. The van der Waals surface area contributed by atoms with Crippen LogP contribution in [-0.2, 0) is 14.3 Å². The summed E-state index contributed by atoms with van der Waals surface area (Å²) in [5.41, 5.74) is 0.872. The molecule has 0 atom stereocenters. The number of hydrogen-bond donors (Lipinski definition) is 2.